The molecule has 1 fully saturated rings. The molecule has 1 amide bonds. The minimum atomic E-state index is 0.103. The number of aromatic nitrogens is 1. The highest BCUT2D eigenvalue weighted by Gasteiger charge is 2.14. The Labute approximate surface area is 113 Å². The molecule has 3 nitrogen and oxygen atoms in total. The molecule has 1 aromatic heterocycles. The van der Waals surface area contributed by atoms with Gasteiger partial charge in [-0.1, -0.05) is 44.3 Å². The predicted octanol–water partition coefficient (Wildman–Crippen LogP) is 4.04. The van der Waals surface area contributed by atoms with Crippen molar-refractivity contribution in [2.75, 3.05) is 5.32 Å². The predicted molar refractivity (Wildman–Crippen MR) is 76.1 cm³/mol. The summed E-state index contributed by atoms with van der Waals surface area (Å²) in [6.45, 7) is 0. The standard InChI is InChI=1S/C14H20N2OS/c17-13(8-6-11-4-2-1-3-5-11)16-12-7-9-14(18)15-10-12/h7,9-11H,1-6,8H2,(H,15,18)(H,16,17). The maximum absolute atomic E-state index is 11.8. The Hall–Kier alpha value is -1.16. The second kappa shape index (κ2) is 6.69. The number of amides is 1. The SMILES string of the molecule is O=C(CCC1CCCCC1)Nc1ccc(=S)[nH]c1. The molecule has 1 aliphatic carbocycles. The van der Waals surface area contributed by atoms with Gasteiger partial charge >= 0.3 is 0 Å². The number of carbonyl (C=O) groups excluding carboxylic acids is 1. The summed E-state index contributed by atoms with van der Waals surface area (Å²) in [5.41, 5.74) is 0.789. The molecule has 1 heterocycles. The lowest BCUT2D eigenvalue weighted by Crippen LogP contribution is -2.14. The van der Waals surface area contributed by atoms with Crippen LogP contribution in [-0.2, 0) is 4.79 Å². The second-order valence-corrected chi connectivity index (χ2v) is 5.47. The molecular formula is C14H20N2OS. The monoisotopic (exact) mass is 264 g/mol. The van der Waals surface area contributed by atoms with E-state index >= 15 is 0 Å². The van der Waals surface area contributed by atoms with Gasteiger partial charge in [-0.05, 0) is 24.5 Å². The number of anilines is 1. The molecule has 0 radical (unpaired) electrons. The molecule has 0 aromatic carbocycles. The van der Waals surface area contributed by atoms with Gasteiger partial charge in [0.25, 0.3) is 0 Å². The first-order valence-corrected chi connectivity index (χ1v) is 7.13. The molecule has 0 spiro atoms. The van der Waals surface area contributed by atoms with Gasteiger partial charge in [0.05, 0.1) is 5.69 Å². The second-order valence-electron chi connectivity index (χ2n) is 5.03. The van der Waals surface area contributed by atoms with E-state index in [1.54, 1.807) is 12.3 Å². The van der Waals surface area contributed by atoms with E-state index in [0.29, 0.717) is 11.1 Å². The van der Waals surface area contributed by atoms with E-state index in [1.807, 2.05) is 6.07 Å². The van der Waals surface area contributed by atoms with Gasteiger partial charge in [-0.15, -0.1) is 0 Å². The van der Waals surface area contributed by atoms with Crippen LogP contribution in [0.4, 0.5) is 5.69 Å². The summed E-state index contributed by atoms with van der Waals surface area (Å²) in [4.78, 5) is 14.7. The Balaban J connectivity index is 1.74. The van der Waals surface area contributed by atoms with Crippen LogP contribution in [0.2, 0.25) is 0 Å². The largest absolute Gasteiger partial charge is 0.351 e. The van der Waals surface area contributed by atoms with E-state index in [4.69, 9.17) is 12.2 Å². The average molecular weight is 264 g/mol. The average Bonchev–Trinajstić information content (AvgIpc) is 2.40. The fourth-order valence-electron chi connectivity index (χ4n) is 2.52. The van der Waals surface area contributed by atoms with Crippen LogP contribution in [0, 0.1) is 10.6 Å². The van der Waals surface area contributed by atoms with Crippen LogP contribution >= 0.6 is 12.2 Å². The Kier molecular flexibility index (Phi) is 4.93. The van der Waals surface area contributed by atoms with Crippen molar-refractivity contribution in [3.8, 4) is 0 Å². The highest BCUT2D eigenvalue weighted by atomic mass is 32.1. The summed E-state index contributed by atoms with van der Waals surface area (Å²) in [5.74, 6) is 0.858. The van der Waals surface area contributed by atoms with Crippen LogP contribution in [0.25, 0.3) is 0 Å². The van der Waals surface area contributed by atoms with E-state index in [-0.39, 0.29) is 5.91 Å². The maximum Gasteiger partial charge on any atom is 0.224 e. The molecule has 1 aromatic rings. The fraction of sp³-hybridized carbons (Fsp3) is 0.571. The zero-order valence-electron chi connectivity index (χ0n) is 10.6. The number of rotatable bonds is 4. The first-order valence-electron chi connectivity index (χ1n) is 6.72. The summed E-state index contributed by atoms with van der Waals surface area (Å²) < 4.78 is 0.676. The van der Waals surface area contributed by atoms with Gasteiger partial charge in [0.15, 0.2) is 0 Å². The van der Waals surface area contributed by atoms with Crippen LogP contribution in [0.3, 0.4) is 0 Å². The first-order chi connectivity index (χ1) is 8.74. The van der Waals surface area contributed by atoms with Crippen molar-refractivity contribution in [2.45, 2.75) is 44.9 Å². The van der Waals surface area contributed by atoms with Crippen molar-refractivity contribution < 1.29 is 4.79 Å². The van der Waals surface area contributed by atoms with Gasteiger partial charge in [-0.3, -0.25) is 4.79 Å². The van der Waals surface area contributed by atoms with E-state index in [2.05, 4.69) is 10.3 Å². The Bertz CT molecular complexity index is 429. The fourth-order valence-corrected chi connectivity index (χ4v) is 2.65. The van der Waals surface area contributed by atoms with E-state index < -0.39 is 0 Å². The number of nitrogens with one attached hydrogen (secondary N) is 2. The summed E-state index contributed by atoms with van der Waals surface area (Å²) in [6, 6.07) is 3.61. The summed E-state index contributed by atoms with van der Waals surface area (Å²) in [7, 11) is 0. The number of hydrogen-bond donors (Lipinski definition) is 2. The third kappa shape index (κ3) is 4.26. The molecule has 4 heteroatoms. The normalized spacial score (nSPS) is 16.4. The highest BCUT2D eigenvalue weighted by Crippen LogP contribution is 2.27. The smallest absolute Gasteiger partial charge is 0.224 e. The summed E-state index contributed by atoms with van der Waals surface area (Å²) in [5, 5.41) is 2.89. The van der Waals surface area contributed by atoms with Gasteiger partial charge in [0, 0.05) is 12.6 Å². The lowest BCUT2D eigenvalue weighted by atomic mass is 9.86. The molecule has 0 atom stereocenters. The van der Waals surface area contributed by atoms with Gasteiger partial charge in [0.1, 0.15) is 4.64 Å². The van der Waals surface area contributed by atoms with Crippen molar-refractivity contribution in [3.05, 3.63) is 23.0 Å². The number of H-pyrrole nitrogens is 1. The first kappa shape index (κ1) is 13.3. The Morgan fingerprint density at radius 2 is 2.11 bits per heavy atom. The van der Waals surface area contributed by atoms with E-state index in [1.165, 1.54) is 32.1 Å². The lowest BCUT2D eigenvalue weighted by molar-refractivity contribution is -0.116. The van der Waals surface area contributed by atoms with Gasteiger partial charge in [-0.25, -0.2) is 0 Å². The summed E-state index contributed by atoms with van der Waals surface area (Å²) in [6.07, 6.45) is 10.0. The van der Waals surface area contributed by atoms with Crippen molar-refractivity contribution in [3.63, 3.8) is 0 Å². The molecule has 1 saturated carbocycles. The van der Waals surface area contributed by atoms with Crippen molar-refractivity contribution in [1.82, 2.24) is 4.98 Å². The molecule has 2 rings (SSSR count). The zero-order valence-corrected chi connectivity index (χ0v) is 11.4. The third-order valence-corrected chi connectivity index (χ3v) is 3.83. The summed E-state index contributed by atoms with van der Waals surface area (Å²) >= 11 is 4.95. The molecule has 1 aliphatic rings. The minimum Gasteiger partial charge on any atom is -0.351 e. The number of carbonyl (C=O) groups is 1. The van der Waals surface area contributed by atoms with Gasteiger partial charge in [-0.2, -0.15) is 0 Å². The molecular weight excluding hydrogens is 244 g/mol. The number of pyridine rings is 1. The molecule has 0 aliphatic heterocycles. The Morgan fingerprint density at radius 1 is 1.33 bits per heavy atom. The van der Waals surface area contributed by atoms with Crippen LogP contribution in [-0.4, -0.2) is 10.9 Å². The molecule has 2 N–H and O–H groups in total. The third-order valence-electron chi connectivity index (χ3n) is 3.57. The van der Waals surface area contributed by atoms with Crippen LogP contribution in [0.15, 0.2) is 18.3 Å². The van der Waals surface area contributed by atoms with Gasteiger partial charge in [0.2, 0.25) is 5.91 Å². The molecule has 0 saturated heterocycles. The van der Waals surface area contributed by atoms with E-state index in [9.17, 15) is 4.79 Å². The lowest BCUT2D eigenvalue weighted by Gasteiger charge is -2.20. The van der Waals surface area contributed by atoms with Crippen LogP contribution in [0.1, 0.15) is 44.9 Å². The van der Waals surface area contributed by atoms with Crippen molar-refractivity contribution >= 4 is 23.8 Å². The number of aromatic amines is 1. The van der Waals surface area contributed by atoms with Crippen molar-refractivity contribution in [1.29, 1.82) is 0 Å². The maximum atomic E-state index is 11.8. The molecule has 0 unspecified atom stereocenters. The van der Waals surface area contributed by atoms with Gasteiger partial charge < -0.3 is 10.3 Å². The van der Waals surface area contributed by atoms with E-state index in [0.717, 1.165) is 18.0 Å². The minimum absolute atomic E-state index is 0.103. The topological polar surface area (TPSA) is 44.9 Å². The van der Waals surface area contributed by atoms with Crippen molar-refractivity contribution in [2.24, 2.45) is 5.92 Å². The van der Waals surface area contributed by atoms with Crippen LogP contribution < -0.4 is 5.32 Å². The molecule has 0 bridgehead atoms. The quantitative estimate of drug-likeness (QED) is 0.806. The number of hydrogen-bond acceptors (Lipinski definition) is 2. The highest BCUT2D eigenvalue weighted by molar-refractivity contribution is 7.71. The zero-order chi connectivity index (χ0) is 12.8. The Morgan fingerprint density at radius 3 is 2.78 bits per heavy atom. The molecule has 18 heavy (non-hydrogen) atoms. The van der Waals surface area contributed by atoms with Crippen LogP contribution in [0.5, 0.6) is 0 Å². The molecule has 98 valence electrons.